The average molecular weight is 429 g/mol. The summed E-state index contributed by atoms with van der Waals surface area (Å²) >= 11 is 1.55. The molecule has 3 aromatic rings. The van der Waals surface area contributed by atoms with Gasteiger partial charge in [-0.3, -0.25) is 4.79 Å². The Morgan fingerprint density at radius 3 is 2.57 bits per heavy atom. The Morgan fingerprint density at radius 1 is 1.17 bits per heavy atom. The van der Waals surface area contributed by atoms with E-state index in [4.69, 9.17) is 18.6 Å². The third-order valence-electron chi connectivity index (χ3n) is 5.14. The van der Waals surface area contributed by atoms with Crippen LogP contribution in [0.4, 0.5) is 0 Å². The summed E-state index contributed by atoms with van der Waals surface area (Å²) in [6, 6.07) is 7.25. The van der Waals surface area contributed by atoms with Crippen LogP contribution in [0.25, 0.3) is 10.8 Å². The molecule has 4 rings (SSSR count). The molecule has 9 heteroatoms. The van der Waals surface area contributed by atoms with Gasteiger partial charge in [-0.1, -0.05) is 6.07 Å². The van der Waals surface area contributed by atoms with Crippen LogP contribution in [0.15, 0.2) is 34.1 Å². The molecule has 2 aromatic heterocycles. The van der Waals surface area contributed by atoms with Crippen molar-refractivity contribution < 1.29 is 23.4 Å². The van der Waals surface area contributed by atoms with Crippen molar-refractivity contribution in [2.24, 2.45) is 0 Å². The lowest BCUT2D eigenvalue weighted by Gasteiger charge is -2.31. The molecular weight excluding hydrogens is 406 g/mol. The van der Waals surface area contributed by atoms with Gasteiger partial charge in [0.1, 0.15) is 0 Å². The zero-order valence-electron chi connectivity index (χ0n) is 17.1. The van der Waals surface area contributed by atoms with Gasteiger partial charge in [-0.15, -0.1) is 21.5 Å². The normalized spacial score (nSPS) is 16.4. The number of thiophene rings is 1. The van der Waals surface area contributed by atoms with Crippen LogP contribution in [0.5, 0.6) is 17.2 Å². The number of methoxy groups -OCH3 is 3. The average Bonchev–Trinajstić information content (AvgIpc) is 3.49. The van der Waals surface area contributed by atoms with Gasteiger partial charge in [0, 0.05) is 18.7 Å². The maximum Gasteiger partial charge on any atom is 0.257 e. The van der Waals surface area contributed by atoms with E-state index in [-0.39, 0.29) is 11.8 Å². The molecule has 0 bridgehead atoms. The van der Waals surface area contributed by atoms with Gasteiger partial charge < -0.3 is 23.5 Å². The van der Waals surface area contributed by atoms with E-state index in [1.807, 2.05) is 22.4 Å². The Labute approximate surface area is 178 Å². The Bertz CT molecular complexity index is 993. The van der Waals surface area contributed by atoms with Crippen molar-refractivity contribution in [1.82, 2.24) is 15.1 Å². The number of amides is 1. The van der Waals surface area contributed by atoms with Gasteiger partial charge in [-0.05, 0) is 36.4 Å². The molecule has 1 saturated heterocycles. The standard InChI is InChI=1S/C21H23N3O5S/c1-26-15-10-14(11-16(27-2)18(15)28-3)21(25)24-8-4-6-13(12-24)19-22-23-20(29-19)17-7-5-9-30-17/h5,7,9-11,13H,4,6,8,12H2,1-3H3. The van der Waals surface area contributed by atoms with Crippen molar-refractivity contribution in [2.45, 2.75) is 18.8 Å². The summed E-state index contributed by atoms with van der Waals surface area (Å²) in [5.74, 6) is 2.36. The van der Waals surface area contributed by atoms with Gasteiger partial charge in [-0.2, -0.15) is 0 Å². The van der Waals surface area contributed by atoms with Crippen molar-refractivity contribution >= 4 is 17.2 Å². The second-order valence-corrected chi connectivity index (χ2v) is 7.87. The zero-order valence-corrected chi connectivity index (χ0v) is 17.9. The fourth-order valence-corrected chi connectivity index (χ4v) is 4.29. The minimum Gasteiger partial charge on any atom is -0.493 e. The molecule has 1 aliphatic heterocycles. The smallest absolute Gasteiger partial charge is 0.257 e. The number of carbonyl (C=O) groups is 1. The monoisotopic (exact) mass is 429 g/mol. The predicted molar refractivity (Wildman–Crippen MR) is 112 cm³/mol. The van der Waals surface area contributed by atoms with Crippen molar-refractivity contribution in [3.63, 3.8) is 0 Å². The highest BCUT2D eigenvalue weighted by atomic mass is 32.1. The summed E-state index contributed by atoms with van der Waals surface area (Å²) in [6.07, 6.45) is 1.75. The maximum absolute atomic E-state index is 13.2. The molecule has 3 heterocycles. The first kappa shape index (κ1) is 20.2. The van der Waals surface area contributed by atoms with E-state index < -0.39 is 0 Å². The molecule has 158 valence electrons. The summed E-state index contributed by atoms with van der Waals surface area (Å²) in [5, 5.41) is 10.4. The number of benzene rings is 1. The Morgan fingerprint density at radius 2 is 1.93 bits per heavy atom. The molecule has 1 atom stereocenters. The number of piperidine rings is 1. The molecule has 0 N–H and O–H groups in total. The Balaban J connectivity index is 1.54. The maximum atomic E-state index is 13.2. The van der Waals surface area contributed by atoms with E-state index in [2.05, 4.69) is 10.2 Å². The van der Waals surface area contributed by atoms with Gasteiger partial charge >= 0.3 is 0 Å². The predicted octanol–water partition coefficient (Wildman–Crippen LogP) is 3.84. The Kier molecular flexibility index (Phi) is 5.89. The summed E-state index contributed by atoms with van der Waals surface area (Å²) in [5.41, 5.74) is 0.481. The van der Waals surface area contributed by atoms with Gasteiger partial charge in [0.2, 0.25) is 11.6 Å². The van der Waals surface area contributed by atoms with Crippen LogP contribution in [0.1, 0.15) is 35.0 Å². The minimum atomic E-state index is -0.100. The number of carbonyl (C=O) groups excluding carboxylic acids is 1. The Hall–Kier alpha value is -3.07. The zero-order chi connectivity index (χ0) is 21.1. The van der Waals surface area contributed by atoms with E-state index in [1.54, 1.807) is 23.5 Å². The van der Waals surface area contributed by atoms with Crippen molar-refractivity contribution in [3.8, 4) is 28.0 Å². The molecular formula is C21H23N3O5S. The van der Waals surface area contributed by atoms with Gasteiger partial charge in [0.05, 0.1) is 32.1 Å². The van der Waals surface area contributed by atoms with Gasteiger partial charge in [0.25, 0.3) is 11.8 Å². The molecule has 8 nitrogen and oxygen atoms in total. The lowest BCUT2D eigenvalue weighted by Crippen LogP contribution is -2.39. The fourth-order valence-electron chi connectivity index (χ4n) is 3.65. The molecule has 1 unspecified atom stereocenters. The second-order valence-electron chi connectivity index (χ2n) is 6.93. The van der Waals surface area contributed by atoms with Crippen LogP contribution in [0.2, 0.25) is 0 Å². The second kappa shape index (κ2) is 8.74. The van der Waals surface area contributed by atoms with Crippen LogP contribution < -0.4 is 14.2 Å². The van der Waals surface area contributed by atoms with E-state index in [1.165, 1.54) is 21.3 Å². The van der Waals surface area contributed by atoms with Crippen LogP contribution in [0.3, 0.4) is 0 Å². The van der Waals surface area contributed by atoms with Crippen molar-refractivity contribution in [2.75, 3.05) is 34.4 Å². The first-order valence-corrected chi connectivity index (χ1v) is 10.5. The van der Waals surface area contributed by atoms with Crippen LogP contribution in [-0.4, -0.2) is 55.4 Å². The van der Waals surface area contributed by atoms with Crippen molar-refractivity contribution in [1.29, 1.82) is 0 Å². The number of likely N-dealkylation sites (tertiary alicyclic amines) is 1. The number of hydrogen-bond acceptors (Lipinski definition) is 8. The number of aromatic nitrogens is 2. The highest BCUT2D eigenvalue weighted by Gasteiger charge is 2.30. The number of hydrogen-bond donors (Lipinski definition) is 0. The van der Waals surface area contributed by atoms with Crippen LogP contribution in [-0.2, 0) is 0 Å². The van der Waals surface area contributed by atoms with Gasteiger partial charge in [0.15, 0.2) is 11.5 Å². The molecule has 0 radical (unpaired) electrons. The third-order valence-corrected chi connectivity index (χ3v) is 6.00. The van der Waals surface area contributed by atoms with E-state index >= 15 is 0 Å². The molecule has 1 aromatic carbocycles. The quantitative estimate of drug-likeness (QED) is 0.588. The number of rotatable bonds is 6. The summed E-state index contributed by atoms with van der Waals surface area (Å²) in [4.78, 5) is 16.0. The lowest BCUT2D eigenvalue weighted by molar-refractivity contribution is 0.0697. The topological polar surface area (TPSA) is 86.9 Å². The first-order chi connectivity index (χ1) is 14.6. The SMILES string of the molecule is COc1cc(C(=O)N2CCCC(c3nnc(-c4cccs4)o3)C2)cc(OC)c1OC. The molecule has 1 fully saturated rings. The first-order valence-electron chi connectivity index (χ1n) is 9.61. The third kappa shape index (κ3) is 3.85. The lowest BCUT2D eigenvalue weighted by atomic mass is 9.97. The summed E-state index contributed by atoms with van der Waals surface area (Å²) in [7, 11) is 4.60. The minimum absolute atomic E-state index is 0.00551. The van der Waals surface area contributed by atoms with E-state index in [9.17, 15) is 4.79 Å². The van der Waals surface area contributed by atoms with E-state index in [0.717, 1.165) is 17.7 Å². The molecule has 1 aliphatic rings. The highest BCUT2D eigenvalue weighted by molar-refractivity contribution is 7.13. The largest absolute Gasteiger partial charge is 0.493 e. The van der Waals surface area contributed by atoms with Crippen molar-refractivity contribution in [3.05, 3.63) is 41.1 Å². The number of ether oxygens (including phenoxy) is 3. The molecule has 0 spiro atoms. The van der Waals surface area contributed by atoms with Crippen LogP contribution >= 0.6 is 11.3 Å². The fraction of sp³-hybridized carbons (Fsp3) is 0.381. The number of nitrogens with zero attached hydrogens (tertiary/aromatic N) is 3. The molecule has 30 heavy (non-hydrogen) atoms. The van der Waals surface area contributed by atoms with Gasteiger partial charge in [-0.25, -0.2) is 0 Å². The summed E-state index contributed by atoms with van der Waals surface area (Å²) < 4.78 is 22.0. The molecule has 0 saturated carbocycles. The summed E-state index contributed by atoms with van der Waals surface area (Å²) in [6.45, 7) is 1.18. The molecule has 0 aliphatic carbocycles. The van der Waals surface area contributed by atoms with Crippen LogP contribution in [0, 0.1) is 0 Å². The molecule has 1 amide bonds. The highest BCUT2D eigenvalue weighted by Crippen LogP contribution is 2.39. The van der Waals surface area contributed by atoms with E-state index in [0.29, 0.717) is 47.7 Å².